The topological polar surface area (TPSA) is 101 Å². The number of hydrogen-bond donors (Lipinski definition) is 2. The number of fused-ring (bicyclic) bond motifs is 1. The summed E-state index contributed by atoms with van der Waals surface area (Å²) in [5.41, 5.74) is 4.07. The first-order valence-electron chi connectivity index (χ1n) is 4.39. The third-order valence-corrected chi connectivity index (χ3v) is 4.37. The Morgan fingerprint density at radius 3 is 2.93 bits per heavy atom. The van der Waals surface area contributed by atoms with Crippen molar-refractivity contribution in [2.24, 2.45) is 11.1 Å². The molecule has 6 nitrogen and oxygen atoms in total. The number of nitrogens with zero attached hydrogens (tertiary/aromatic N) is 1. The molecule has 0 aromatic rings. The number of nitrogens with two attached hydrogens (primary N) is 1. The largest absolute Gasteiger partial charge is 0.480 e. The Kier molecular flexibility index (Phi) is 2.23. The van der Waals surface area contributed by atoms with E-state index in [1.165, 1.54) is 16.7 Å². The normalized spacial score (nSPS) is 39.3. The van der Waals surface area contributed by atoms with Gasteiger partial charge >= 0.3 is 5.97 Å². The maximum Gasteiger partial charge on any atom is 0.319 e. The molecule has 0 bridgehead atoms. The number of amides is 1. The molecule has 3 atom stereocenters. The number of aliphatic carboxylic acids is 1. The Balaban J connectivity index is 2.19. The van der Waals surface area contributed by atoms with Gasteiger partial charge in [-0.3, -0.25) is 9.59 Å². The zero-order valence-electron chi connectivity index (χ0n) is 7.75. The van der Waals surface area contributed by atoms with Crippen LogP contribution in [0.15, 0.2) is 0 Å². The van der Waals surface area contributed by atoms with Gasteiger partial charge in [0.1, 0.15) is 23.1 Å². The van der Waals surface area contributed by atoms with Crippen molar-refractivity contribution in [3.63, 3.8) is 0 Å². The highest BCUT2D eigenvalue weighted by Crippen LogP contribution is 2.40. The Bertz CT molecular complexity index is 348. The van der Waals surface area contributed by atoms with E-state index < -0.39 is 17.4 Å². The zero-order valence-corrected chi connectivity index (χ0v) is 8.57. The molecule has 15 heavy (non-hydrogen) atoms. The standard InChI is InChI=1S/C8H10N2O4S/c9-4-5(12)10-1-8(2-11,7(13)14)3-15-6(4)10/h2,4,6H,1,3,9H2,(H,13,14)/t4?,6-,8?/m1/s1. The number of aldehydes is 1. The summed E-state index contributed by atoms with van der Waals surface area (Å²) in [6.07, 6.45) is 0.412. The van der Waals surface area contributed by atoms with Gasteiger partial charge in [-0.25, -0.2) is 0 Å². The summed E-state index contributed by atoms with van der Waals surface area (Å²) in [5, 5.41) is 8.79. The minimum Gasteiger partial charge on any atom is -0.480 e. The van der Waals surface area contributed by atoms with Gasteiger partial charge < -0.3 is 20.5 Å². The van der Waals surface area contributed by atoms with Crippen LogP contribution in [-0.2, 0) is 14.4 Å². The maximum absolute atomic E-state index is 11.3. The number of carbonyl (C=O) groups is 3. The molecule has 2 fully saturated rings. The van der Waals surface area contributed by atoms with Gasteiger partial charge in [0.25, 0.3) is 0 Å². The predicted octanol–water partition coefficient (Wildman–Crippen LogP) is -1.50. The van der Waals surface area contributed by atoms with E-state index in [4.69, 9.17) is 10.8 Å². The lowest BCUT2D eigenvalue weighted by atomic mass is 9.89. The van der Waals surface area contributed by atoms with E-state index in [-0.39, 0.29) is 23.6 Å². The van der Waals surface area contributed by atoms with E-state index in [9.17, 15) is 14.4 Å². The molecule has 2 saturated heterocycles. The van der Waals surface area contributed by atoms with Crippen LogP contribution in [0.1, 0.15) is 0 Å². The third-order valence-electron chi connectivity index (χ3n) is 2.80. The van der Waals surface area contributed by atoms with Crippen LogP contribution in [0.25, 0.3) is 0 Å². The molecular weight excluding hydrogens is 220 g/mol. The Labute approximate surface area is 89.8 Å². The SMILES string of the molecule is NC1C(=O)N2CC(C=O)(C(=O)O)CS[C@H]12. The number of thioether (sulfide) groups is 1. The first-order chi connectivity index (χ1) is 7.02. The van der Waals surface area contributed by atoms with Gasteiger partial charge in [0.2, 0.25) is 5.91 Å². The number of β-lactam (4-membered cyclic amide) rings is 1. The van der Waals surface area contributed by atoms with Crippen molar-refractivity contribution in [1.29, 1.82) is 0 Å². The molecule has 82 valence electrons. The van der Waals surface area contributed by atoms with E-state index in [1.54, 1.807) is 0 Å². The molecule has 2 aliphatic heterocycles. The first kappa shape index (κ1) is 10.4. The van der Waals surface area contributed by atoms with E-state index in [1.807, 2.05) is 0 Å². The first-order valence-corrected chi connectivity index (χ1v) is 5.44. The van der Waals surface area contributed by atoms with Crippen LogP contribution in [0.5, 0.6) is 0 Å². The highest BCUT2D eigenvalue weighted by Gasteiger charge is 2.55. The van der Waals surface area contributed by atoms with Crippen LogP contribution < -0.4 is 5.73 Å². The molecule has 1 amide bonds. The molecule has 0 saturated carbocycles. The van der Waals surface area contributed by atoms with Gasteiger partial charge in [-0.2, -0.15) is 0 Å². The van der Waals surface area contributed by atoms with Crippen LogP contribution in [0.4, 0.5) is 0 Å². The summed E-state index contributed by atoms with van der Waals surface area (Å²) in [4.78, 5) is 34.4. The lowest BCUT2D eigenvalue weighted by Gasteiger charge is -2.51. The Morgan fingerprint density at radius 1 is 1.73 bits per heavy atom. The van der Waals surface area contributed by atoms with E-state index in [2.05, 4.69) is 0 Å². The number of rotatable bonds is 2. The third kappa shape index (κ3) is 1.26. The second-order valence-corrected chi connectivity index (χ2v) is 4.88. The van der Waals surface area contributed by atoms with Gasteiger partial charge in [0.15, 0.2) is 0 Å². The number of hydrogen-bond acceptors (Lipinski definition) is 5. The average molecular weight is 230 g/mol. The Hall–Kier alpha value is -1.08. The molecule has 0 radical (unpaired) electrons. The van der Waals surface area contributed by atoms with Gasteiger partial charge in [0, 0.05) is 12.3 Å². The summed E-state index contributed by atoms with van der Waals surface area (Å²) in [6.45, 7) is -0.0595. The highest BCUT2D eigenvalue weighted by molar-refractivity contribution is 8.00. The van der Waals surface area contributed by atoms with Crippen molar-refractivity contribution < 1.29 is 19.5 Å². The number of carboxylic acid groups (broad SMARTS) is 1. The summed E-state index contributed by atoms with van der Waals surface area (Å²) in [5.74, 6) is -1.29. The van der Waals surface area contributed by atoms with Crippen molar-refractivity contribution in [3.05, 3.63) is 0 Å². The van der Waals surface area contributed by atoms with Crippen LogP contribution in [0, 0.1) is 5.41 Å². The average Bonchev–Trinajstić information content (AvgIpc) is 2.26. The van der Waals surface area contributed by atoms with Crippen LogP contribution in [0.2, 0.25) is 0 Å². The van der Waals surface area contributed by atoms with Crippen molar-refractivity contribution in [2.45, 2.75) is 11.4 Å². The van der Waals surface area contributed by atoms with Crippen molar-refractivity contribution in [3.8, 4) is 0 Å². The fourth-order valence-electron chi connectivity index (χ4n) is 1.75. The van der Waals surface area contributed by atoms with Crippen LogP contribution in [-0.4, -0.2) is 51.9 Å². The monoisotopic (exact) mass is 230 g/mol. The summed E-state index contributed by atoms with van der Waals surface area (Å²) in [6, 6.07) is -0.548. The van der Waals surface area contributed by atoms with Gasteiger partial charge in [-0.1, -0.05) is 0 Å². The van der Waals surface area contributed by atoms with E-state index >= 15 is 0 Å². The molecule has 0 spiro atoms. The number of carboxylic acids is 1. The van der Waals surface area contributed by atoms with E-state index in [0.717, 1.165) is 0 Å². The van der Waals surface area contributed by atoms with Gasteiger partial charge in [-0.05, 0) is 0 Å². The second kappa shape index (κ2) is 3.21. The van der Waals surface area contributed by atoms with Crippen LogP contribution in [0.3, 0.4) is 0 Å². The lowest BCUT2D eigenvalue weighted by molar-refractivity contribution is -0.157. The molecule has 0 aliphatic carbocycles. The van der Waals surface area contributed by atoms with Crippen molar-refractivity contribution in [1.82, 2.24) is 4.90 Å². The zero-order chi connectivity index (χ0) is 11.2. The van der Waals surface area contributed by atoms with Crippen molar-refractivity contribution in [2.75, 3.05) is 12.3 Å². The molecule has 2 rings (SSSR count). The fourth-order valence-corrected chi connectivity index (χ4v) is 3.18. The predicted molar refractivity (Wildman–Crippen MR) is 52.1 cm³/mol. The molecule has 0 aromatic heterocycles. The van der Waals surface area contributed by atoms with E-state index in [0.29, 0.717) is 6.29 Å². The maximum atomic E-state index is 11.3. The summed E-state index contributed by atoms with van der Waals surface area (Å²) in [7, 11) is 0. The number of carbonyl (C=O) groups excluding carboxylic acids is 2. The molecule has 2 unspecified atom stereocenters. The van der Waals surface area contributed by atoms with Crippen LogP contribution >= 0.6 is 11.8 Å². The molecule has 0 aromatic carbocycles. The molecule has 3 N–H and O–H groups in total. The molecule has 2 heterocycles. The highest BCUT2D eigenvalue weighted by atomic mass is 32.2. The smallest absolute Gasteiger partial charge is 0.319 e. The summed E-state index contributed by atoms with van der Waals surface area (Å²) < 4.78 is 0. The molecule has 2 aliphatic rings. The Morgan fingerprint density at radius 2 is 2.40 bits per heavy atom. The van der Waals surface area contributed by atoms with Gasteiger partial charge in [-0.15, -0.1) is 11.8 Å². The molecular formula is C8H10N2O4S. The second-order valence-electron chi connectivity index (χ2n) is 3.77. The molecule has 7 heteroatoms. The van der Waals surface area contributed by atoms with Crippen molar-refractivity contribution >= 4 is 29.9 Å². The minimum atomic E-state index is -1.46. The minimum absolute atomic E-state index is 0.0595. The quantitative estimate of drug-likeness (QED) is 0.340. The fraction of sp³-hybridized carbons (Fsp3) is 0.625. The van der Waals surface area contributed by atoms with Gasteiger partial charge in [0.05, 0.1) is 0 Å². The lowest BCUT2D eigenvalue weighted by Crippen LogP contribution is -2.72. The summed E-state index contributed by atoms with van der Waals surface area (Å²) >= 11 is 1.25.